The lowest BCUT2D eigenvalue weighted by Gasteiger charge is -2.25. The molecule has 0 atom stereocenters. The summed E-state index contributed by atoms with van der Waals surface area (Å²) >= 11 is 0. The van der Waals surface area contributed by atoms with Gasteiger partial charge in [0.1, 0.15) is 20.2 Å². The molecule has 1 aliphatic rings. The number of fused-ring (bicyclic) bond motifs is 1. The van der Waals surface area contributed by atoms with Crippen LogP contribution in [0.4, 0.5) is 0 Å². The van der Waals surface area contributed by atoms with Gasteiger partial charge in [0.15, 0.2) is 0 Å². The zero-order chi connectivity index (χ0) is 20.2. The maximum absolute atomic E-state index is 12.4. The number of nitrogens with zero attached hydrogens (tertiary/aromatic N) is 4. The van der Waals surface area contributed by atoms with Crippen LogP contribution in [0.5, 0.6) is 5.75 Å². The van der Waals surface area contributed by atoms with Crippen LogP contribution >= 0.6 is 0 Å². The molecule has 6 nitrogen and oxygen atoms in total. The molecule has 3 heterocycles. The number of aryl methyl sites for hydroxylation is 2. The third kappa shape index (κ3) is 4.92. The molecule has 29 heavy (non-hydrogen) atoms. The zero-order valence-electron chi connectivity index (χ0n) is 17.0. The van der Waals surface area contributed by atoms with Gasteiger partial charge in [0.05, 0.1) is 11.9 Å². The van der Waals surface area contributed by atoms with E-state index in [0.29, 0.717) is 18.9 Å². The highest BCUT2D eigenvalue weighted by Crippen LogP contribution is 2.19. The van der Waals surface area contributed by atoms with Gasteiger partial charge in [-0.3, -0.25) is 9.78 Å². The van der Waals surface area contributed by atoms with Crippen LogP contribution in [0.1, 0.15) is 22.4 Å². The molecule has 0 saturated carbocycles. The molecule has 0 saturated heterocycles. The number of ether oxygens (including phenoxy) is 1. The Morgan fingerprint density at radius 2 is 2.03 bits per heavy atom. The second-order valence-electron chi connectivity index (χ2n) is 7.71. The summed E-state index contributed by atoms with van der Waals surface area (Å²) in [5.41, 5.74) is 5.84. The molecule has 0 radical (unpaired) electrons. The lowest BCUT2D eigenvalue weighted by atomic mass is 9.96. The van der Waals surface area contributed by atoms with Gasteiger partial charge in [0.25, 0.3) is 5.56 Å². The summed E-state index contributed by atoms with van der Waals surface area (Å²) in [6.45, 7) is 2.97. The van der Waals surface area contributed by atoms with Gasteiger partial charge in [-0.1, -0.05) is 29.7 Å². The second kappa shape index (κ2) is 8.61. The fourth-order valence-corrected chi connectivity index (χ4v) is 3.54. The van der Waals surface area contributed by atoms with Crippen molar-refractivity contribution in [1.29, 1.82) is 0 Å². The Labute approximate surface area is 171 Å². The van der Waals surface area contributed by atoms with Gasteiger partial charge < -0.3 is 9.64 Å². The van der Waals surface area contributed by atoms with Crippen molar-refractivity contribution in [3.63, 3.8) is 0 Å². The van der Waals surface area contributed by atoms with Crippen LogP contribution in [0.15, 0.2) is 53.6 Å². The van der Waals surface area contributed by atoms with E-state index in [1.165, 1.54) is 27.4 Å². The molecule has 1 aliphatic heterocycles. The van der Waals surface area contributed by atoms with E-state index in [1.807, 2.05) is 20.0 Å². The number of likely N-dealkylation sites (N-methyl/N-ethyl adjacent to an activating group) is 1. The van der Waals surface area contributed by atoms with E-state index in [9.17, 15) is 4.79 Å². The first-order valence-corrected chi connectivity index (χ1v) is 9.97. The molecule has 0 amide bonds. The number of pyridine rings is 1. The van der Waals surface area contributed by atoms with Crippen LogP contribution in [-0.2, 0) is 32.5 Å². The van der Waals surface area contributed by atoms with E-state index in [2.05, 4.69) is 40.2 Å². The monoisotopic (exact) mass is 388 g/mol. The predicted molar refractivity (Wildman–Crippen MR) is 115 cm³/mol. The molecule has 1 aromatic carbocycles. The number of benzene rings is 1. The number of hydrogen-bond donors (Lipinski definition) is 0. The Hall–Kier alpha value is -2.93. The molecule has 7 heteroatoms. The summed E-state index contributed by atoms with van der Waals surface area (Å²) in [6, 6.07) is 12.0. The molecule has 0 fully saturated rings. The minimum Gasteiger partial charge on any atom is -0.485 e. The van der Waals surface area contributed by atoms with Crippen LogP contribution < -0.4 is 15.8 Å². The molecule has 148 valence electrons. The van der Waals surface area contributed by atoms with Crippen LogP contribution in [0, 0.1) is 0 Å². The summed E-state index contributed by atoms with van der Waals surface area (Å²) in [5.74, 6) is 0.464. The van der Waals surface area contributed by atoms with Gasteiger partial charge in [0, 0.05) is 31.9 Å². The fourth-order valence-electron chi connectivity index (χ4n) is 3.54. The number of hydrogen-bond acceptors (Lipinski definition) is 5. The quantitative estimate of drug-likeness (QED) is 0.582. The van der Waals surface area contributed by atoms with Gasteiger partial charge in [0.2, 0.25) is 0 Å². The van der Waals surface area contributed by atoms with E-state index in [0.717, 1.165) is 37.1 Å². The van der Waals surface area contributed by atoms with Crippen molar-refractivity contribution in [3.05, 3.63) is 81.5 Å². The largest absolute Gasteiger partial charge is 0.485 e. The summed E-state index contributed by atoms with van der Waals surface area (Å²) in [5, 5.41) is 4.27. The highest BCUT2D eigenvalue weighted by molar-refractivity contribution is 6.31. The van der Waals surface area contributed by atoms with E-state index in [1.54, 1.807) is 12.4 Å². The molecular formula is C22H25BN4O2. The van der Waals surface area contributed by atoms with Crippen molar-refractivity contribution in [2.45, 2.75) is 32.5 Å². The first-order chi connectivity index (χ1) is 14.1. The van der Waals surface area contributed by atoms with Crippen LogP contribution in [0.25, 0.3) is 0 Å². The summed E-state index contributed by atoms with van der Waals surface area (Å²) in [4.78, 5) is 19.0. The molecule has 0 unspecified atom stereocenters. The number of rotatable bonds is 6. The van der Waals surface area contributed by atoms with Crippen molar-refractivity contribution in [1.82, 2.24) is 19.7 Å². The average molecular weight is 388 g/mol. The van der Waals surface area contributed by atoms with Gasteiger partial charge in [-0.05, 0) is 42.6 Å². The van der Waals surface area contributed by atoms with Crippen molar-refractivity contribution < 1.29 is 4.74 Å². The van der Waals surface area contributed by atoms with Gasteiger partial charge in [-0.25, -0.2) is 4.68 Å². The van der Waals surface area contributed by atoms with Gasteiger partial charge in [-0.15, -0.1) is 0 Å². The van der Waals surface area contributed by atoms with Crippen molar-refractivity contribution >= 4 is 13.3 Å². The van der Waals surface area contributed by atoms with Crippen molar-refractivity contribution in [2.75, 3.05) is 13.6 Å². The fraction of sp³-hybridized carbons (Fsp3) is 0.318. The second-order valence-corrected chi connectivity index (χ2v) is 7.71. The lowest BCUT2D eigenvalue weighted by Crippen LogP contribution is -2.26. The molecule has 0 N–H and O–H groups in total. The van der Waals surface area contributed by atoms with Crippen LogP contribution in [0.3, 0.4) is 0 Å². The maximum Gasteiger partial charge on any atom is 0.270 e. The van der Waals surface area contributed by atoms with E-state index >= 15 is 0 Å². The summed E-state index contributed by atoms with van der Waals surface area (Å²) in [7, 11) is 4.14. The molecule has 0 spiro atoms. The molecule has 2 aromatic heterocycles. The Bertz CT molecular complexity index is 1050. The highest BCUT2D eigenvalue weighted by Gasteiger charge is 2.13. The van der Waals surface area contributed by atoms with Crippen LogP contribution in [0.2, 0.25) is 0 Å². The minimum absolute atomic E-state index is 0.154. The molecule has 0 bridgehead atoms. The third-order valence-electron chi connectivity index (χ3n) is 5.29. The maximum atomic E-state index is 12.4. The minimum atomic E-state index is -0.154. The first kappa shape index (κ1) is 19.4. The Kier molecular flexibility index (Phi) is 5.76. The molecule has 3 aromatic rings. The van der Waals surface area contributed by atoms with Crippen molar-refractivity contribution in [2.24, 2.45) is 0 Å². The van der Waals surface area contributed by atoms with Gasteiger partial charge >= 0.3 is 0 Å². The third-order valence-corrected chi connectivity index (χ3v) is 5.29. The molecule has 4 rings (SSSR count). The van der Waals surface area contributed by atoms with Crippen LogP contribution in [-0.4, -0.2) is 41.1 Å². The Morgan fingerprint density at radius 1 is 1.14 bits per heavy atom. The predicted octanol–water partition coefficient (Wildman–Crippen LogP) is 0.706. The number of aromatic nitrogens is 3. The zero-order valence-corrected chi connectivity index (χ0v) is 17.0. The first-order valence-electron chi connectivity index (χ1n) is 9.97. The Balaban J connectivity index is 1.36. The summed E-state index contributed by atoms with van der Waals surface area (Å²) in [6.07, 6.45) is 5.26. The van der Waals surface area contributed by atoms with Crippen molar-refractivity contribution in [3.8, 4) is 5.75 Å². The summed E-state index contributed by atoms with van der Waals surface area (Å²) < 4.78 is 7.15. The highest BCUT2D eigenvalue weighted by atomic mass is 16.5. The van der Waals surface area contributed by atoms with E-state index < -0.39 is 0 Å². The molecule has 0 aliphatic carbocycles. The van der Waals surface area contributed by atoms with E-state index in [-0.39, 0.29) is 5.56 Å². The van der Waals surface area contributed by atoms with E-state index in [4.69, 9.17) is 4.74 Å². The normalized spacial score (nSPS) is 13.8. The average Bonchev–Trinajstić information content (AvgIpc) is 2.72. The smallest absolute Gasteiger partial charge is 0.270 e. The SMILES string of the molecule is Bc1ccc(COc2cnn(CCc3ccc4c(c3)CCN(C)C4)c(=O)c2)nc1. The molecular weight excluding hydrogens is 363 g/mol. The topological polar surface area (TPSA) is 60.2 Å². The van der Waals surface area contributed by atoms with Gasteiger partial charge in [-0.2, -0.15) is 5.10 Å². The standard InChI is InChI=1S/C22H25BN4O2/c1-26-8-7-17-10-16(2-3-18(17)14-26)6-9-27-22(28)11-21(13-25-27)29-15-20-5-4-19(23)12-24-20/h2-5,10-13H,6-9,14-15,23H2,1H3. The lowest BCUT2D eigenvalue weighted by molar-refractivity contribution is 0.297. The Morgan fingerprint density at radius 3 is 2.83 bits per heavy atom.